The molecule has 11 aromatic rings. The van der Waals surface area contributed by atoms with Crippen LogP contribution >= 0.6 is 0 Å². The third-order valence-corrected chi connectivity index (χ3v) is 14.5. The van der Waals surface area contributed by atoms with Gasteiger partial charge in [0.1, 0.15) is 0 Å². The second-order valence-corrected chi connectivity index (χ2v) is 18.8. The van der Waals surface area contributed by atoms with E-state index in [0.717, 1.165) is 66.8 Å². The van der Waals surface area contributed by atoms with Gasteiger partial charge in [0.15, 0.2) is 0 Å². The Morgan fingerprint density at radius 2 is 0.289 bits per heavy atom. The summed E-state index contributed by atoms with van der Waals surface area (Å²) in [6.07, 6.45) is 0. The number of para-hydroxylation sites is 2. The van der Waals surface area contributed by atoms with Crippen molar-refractivity contribution in [1.82, 2.24) is 0 Å². The van der Waals surface area contributed by atoms with Crippen LogP contribution in [0.5, 0.6) is 0 Å². The van der Waals surface area contributed by atoms with E-state index in [1.807, 2.05) is 243 Å². The Balaban J connectivity index is 1.09. The number of hydrogen-bond acceptors (Lipinski definition) is 4. The number of anilines is 2. The third-order valence-electron chi connectivity index (χ3n) is 14.5. The van der Waals surface area contributed by atoms with Crippen LogP contribution in [0, 0.1) is 0 Å². The van der Waals surface area contributed by atoms with E-state index in [9.17, 15) is 0 Å². The molecule has 0 fully saturated rings. The number of nitrogens with zero attached hydrogens (tertiary/aromatic N) is 2. The molecule has 0 unspecified atom stereocenters. The average Bonchev–Trinajstić information content (AvgIpc) is 4.05. The molecule has 76 heavy (non-hydrogen) atoms. The maximum absolute atomic E-state index is 16.2. The van der Waals surface area contributed by atoms with Gasteiger partial charge in [0.25, 0.3) is 23.6 Å². The lowest BCUT2D eigenvalue weighted by molar-refractivity contribution is 0.0904. The highest BCUT2D eigenvalue weighted by atomic mass is 16.2. The maximum atomic E-state index is 16.2. The molecule has 358 valence electrons. The molecule has 0 aliphatic carbocycles. The van der Waals surface area contributed by atoms with Gasteiger partial charge in [-0.2, -0.15) is 0 Å². The molecule has 11 aromatic carbocycles. The smallest absolute Gasteiger partial charge is 0.266 e. The lowest BCUT2D eigenvalue weighted by Gasteiger charge is -2.23. The van der Waals surface area contributed by atoms with E-state index in [4.69, 9.17) is 0 Å². The molecule has 6 heteroatoms. The minimum atomic E-state index is -0.579. The minimum Gasteiger partial charge on any atom is -0.268 e. The molecule has 0 atom stereocenters. The van der Waals surface area contributed by atoms with Crippen molar-refractivity contribution in [3.05, 3.63) is 289 Å². The number of imide groups is 2. The van der Waals surface area contributed by atoms with Gasteiger partial charge in [0.2, 0.25) is 0 Å². The summed E-state index contributed by atoms with van der Waals surface area (Å²) in [4.78, 5) is 67.0. The summed E-state index contributed by atoms with van der Waals surface area (Å²) in [5.41, 5.74) is 13.1. The van der Waals surface area contributed by atoms with Crippen LogP contribution in [0.3, 0.4) is 0 Å². The summed E-state index contributed by atoms with van der Waals surface area (Å²) >= 11 is 0. The van der Waals surface area contributed by atoms with Crippen molar-refractivity contribution in [2.75, 3.05) is 9.80 Å². The molecular weight excluding hydrogens is 933 g/mol. The number of carbonyl (C=O) groups is 4. The Morgan fingerprint density at radius 3 is 0.447 bits per heavy atom. The highest BCUT2D eigenvalue weighted by Gasteiger charge is 2.49. The van der Waals surface area contributed by atoms with Crippen molar-refractivity contribution in [3.8, 4) is 89.0 Å². The largest absolute Gasteiger partial charge is 0.268 e. The van der Waals surface area contributed by atoms with E-state index >= 15 is 19.2 Å². The van der Waals surface area contributed by atoms with Crippen LogP contribution in [0.15, 0.2) is 267 Å². The van der Waals surface area contributed by atoms with Crippen LogP contribution in [0.1, 0.15) is 41.4 Å². The van der Waals surface area contributed by atoms with E-state index in [2.05, 4.69) is 0 Å². The highest BCUT2D eigenvalue weighted by molar-refractivity contribution is 6.43. The first-order chi connectivity index (χ1) is 37.5. The van der Waals surface area contributed by atoms with Gasteiger partial charge in [0, 0.05) is 22.3 Å². The summed E-state index contributed by atoms with van der Waals surface area (Å²) in [6, 6.07) is 85.6. The number of rotatable bonds is 10. The van der Waals surface area contributed by atoms with E-state index in [1.54, 1.807) is 24.3 Å². The molecule has 4 amide bonds. The minimum absolute atomic E-state index is 0.0952. The summed E-state index contributed by atoms with van der Waals surface area (Å²) in [7, 11) is 0. The molecular formula is C70H44N2O4. The zero-order valence-electron chi connectivity index (χ0n) is 40.9. The zero-order chi connectivity index (χ0) is 51.3. The number of amides is 4. The topological polar surface area (TPSA) is 74.8 Å². The molecule has 0 bridgehead atoms. The second kappa shape index (κ2) is 19.0. The number of benzene rings is 11. The Hall–Kier alpha value is -10.3. The highest BCUT2D eigenvalue weighted by Crippen LogP contribution is 2.56. The molecule has 0 spiro atoms. The van der Waals surface area contributed by atoms with Crippen molar-refractivity contribution in [2.24, 2.45) is 0 Å². The molecule has 2 aliphatic heterocycles. The number of fused-ring (bicyclic) bond motifs is 2. The molecule has 0 radical (unpaired) electrons. The quantitative estimate of drug-likeness (QED) is 0.128. The van der Waals surface area contributed by atoms with Gasteiger partial charge in [-0.1, -0.05) is 255 Å². The Labute approximate surface area is 440 Å². The summed E-state index contributed by atoms with van der Waals surface area (Å²) < 4.78 is 0. The standard InChI is InChI=1S/C70H44N2O4/c73-67-63-59(49-35-17-5-18-36-49)55(45-27-9-1-10-28-45)56(46-29-11-2-12-30-46)60(50-37-19-6-20-38-50)64(63)68(74)71(67)53-43-25-26-44-54(53)72-69(75)65-61(51-39-21-7-22-40-51)57(47-31-13-3-14-32-47)58(48-33-15-4-16-34-48)62(66(65)70(72)76)52-41-23-8-24-42-52/h1-44H. The van der Waals surface area contributed by atoms with Crippen molar-refractivity contribution >= 4 is 35.0 Å². The van der Waals surface area contributed by atoms with Gasteiger partial charge in [-0.3, -0.25) is 19.2 Å². The van der Waals surface area contributed by atoms with Crippen molar-refractivity contribution in [3.63, 3.8) is 0 Å². The lowest BCUT2D eigenvalue weighted by atomic mass is 9.78. The van der Waals surface area contributed by atoms with Crippen molar-refractivity contribution < 1.29 is 19.2 Å². The monoisotopic (exact) mass is 976 g/mol. The van der Waals surface area contributed by atoms with Crippen molar-refractivity contribution in [1.29, 1.82) is 0 Å². The van der Waals surface area contributed by atoms with E-state index in [0.29, 0.717) is 22.3 Å². The first kappa shape index (κ1) is 45.6. The Morgan fingerprint density at radius 1 is 0.158 bits per heavy atom. The van der Waals surface area contributed by atoms with Crippen molar-refractivity contribution in [2.45, 2.75) is 0 Å². The van der Waals surface area contributed by atoms with Gasteiger partial charge in [-0.05, 0) is 78.9 Å². The normalized spacial score (nSPS) is 12.8. The van der Waals surface area contributed by atoms with Crippen LogP contribution in [-0.4, -0.2) is 23.6 Å². The molecule has 0 aromatic heterocycles. The van der Waals surface area contributed by atoms with E-state index in [1.165, 1.54) is 9.80 Å². The first-order valence-electron chi connectivity index (χ1n) is 25.3. The fourth-order valence-electron chi connectivity index (χ4n) is 11.4. The molecule has 6 nitrogen and oxygen atoms in total. The van der Waals surface area contributed by atoms with Gasteiger partial charge in [0.05, 0.1) is 33.6 Å². The van der Waals surface area contributed by atoms with Crippen LogP contribution in [0.25, 0.3) is 89.0 Å². The summed E-state index contributed by atoms with van der Waals surface area (Å²) in [6.45, 7) is 0. The zero-order valence-corrected chi connectivity index (χ0v) is 40.9. The van der Waals surface area contributed by atoms with Crippen LogP contribution in [0.4, 0.5) is 11.4 Å². The Bertz CT molecular complexity index is 3560. The molecule has 2 aliphatic rings. The van der Waals surface area contributed by atoms with Gasteiger partial charge in [-0.15, -0.1) is 0 Å². The first-order valence-corrected chi connectivity index (χ1v) is 25.3. The fraction of sp³-hybridized carbons (Fsp3) is 0. The van der Waals surface area contributed by atoms with Crippen LogP contribution < -0.4 is 9.80 Å². The third kappa shape index (κ3) is 7.34. The predicted molar refractivity (Wildman–Crippen MR) is 305 cm³/mol. The molecule has 13 rings (SSSR count). The van der Waals surface area contributed by atoms with Gasteiger partial charge in [-0.25, -0.2) is 9.80 Å². The average molecular weight is 977 g/mol. The van der Waals surface area contributed by atoms with E-state index in [-0.39, 0.29) is 33.6 Å². The molecule has 0 saturated carbocycles. The SMILES string of the molecule is O=C1c2c(c(-c3ccccc3)c(-c3ccccc3)c(-c3ccccc3)c2-c2ccccc2)C(=O)N1c1ccccc1N1C(=O)c2c(c(-c3ccccc3)c(-c3ccccc3)c(-c3ccccc3)c2-c2ccccc2)C1=O. The van der Waals surface area contributed by atoms with Gasteiger partial charge < -0.3 is 0 Å². The molecule has 0 saturated heterocycles. The van der Waals surface area contributed by atoms with Crippen LogP contribution in [0.2, 0.25) is 0 Å². The van der Waals surface area contributed by atoms with Crippen LogP contribution in [-0.2, 0) is 0 Å². The summed E-state index contributed by atoms with van der Waals surface area (Å²) in [5.74, 6) is -2.32. The van der Waals surface area contributed by atoms with Gasteiger partial charge >= 0.3 is 0 Å². The second-order valence-electron chi connectivity index (χ2n) is 18.8. The Kier molecular flexibility index (Phi) is 11.4. The summed E-state index contributed by atoms with van der Waals surface area (Å²) in [5, 5.41) is 0. The molecule has 2 heterocycles. The fourth-order valence-corrected chi connectivity index (χ4v) is 11.4. The maximum Gasteiger partial charge on any atom is 0.266 e. The number of hydrogen-bond donors (Lipinski definition) is 0. The predicted octanol–water partition coefficient (Wildman–Crippen LogP) is 16.6. The number of carbonyl (C=O) groups excluding carboxylic acids is 4. The molecule has 0 N–H and O–H groups in total. The lowest BCUT2D eigenvalue weighted by Crippen LogP contribution is -2.35. The van der Waals surface area contributed by atoms with E-state index < -0.39 is 23.6 Å².